The average molecular weight is 369 g/mol. The molecule has 0 heterocycles. The lowest BCUT2D eigenvalue weighted by Gasteiger charge is -2.22. The standard InChI is InChI=1S/C17H19BrClNO/c1-4-21-15-9-8-11(2)10-13(15)17(20-3)12-6-5-7-14(18)16(12)19/h5-10,17,20H,4H2,1-3H3. The highest BCUT2D eigenvalue weighted by atomic mass is 79.9. The molecule has 0 bridgehead atoms. The molecule has 21 heavy (non-hydrogen) atoms. The van der Waals surface area contributed by atoms with Crippen molar-refractivity contribution in [2.45, 2.75) is 19.9 Å². The Morgan fingerprint density at radius 2 is 2.00 bits per heavy atom. The van der Waals surface area contributed by atoms with E-state index < -0.39 is 0 Å². The van der Waals surface area contributed by atoms with Crippen molar-refractivity contribution in [3.8, 4) is 5.75 Å². The van der Waals surface area contributed by atoms with Crippen molar-refractivity contribution in [3.05, 3.63) is 62.6 Å². The fourth-order valence-corrected chi connectivity index (χ4v) is 3.02. The lowest BCUT2D eigenvalue weighted by molar-refractivity contribution is 0.334. The molecule has 0 aliphatic carbocycles. The summed E-state index contributed by atoms with van der Waals surface area (Å²) in [7, 11) is 1.93. The van der Waals surface area contributed by atoms with Gasteiger partial charge in [0.15, 0.2) is 0 Å². The van der Waals surface area contributed by atoms with Gasteiger partial charge in [0.2, 0.25) is 0 Å². The maximum atomic E-state index is 6.46. The third-order valence-corrected chi connectivity index (χ3v) is 4.67. The molecule has 2 aromatic rings. The van der Waals surface area contributed by atoms with Crippen molar-refractivity contribution >= 4 is 27.5 Å². The zero-order valence-electron chi connectivity index (χ0n) is 12.4. The maximum absolute atomic E-state index is 6.46. The van der Waals surface area contributed by atoms with Crippen LogP contribution in [0.25, 0.3) is 0 Å². The smallest absolute Gasteiger partial charge is 0.124 e. The van der Waals surface area contributed by atoms with Crippen molar-refractivity contribution in [2.24, 2.45) is 0 Å². The normalized spacial score (nSPS) is 12.2. The summed E-state index contributed by atoms with van der Waals surface area (Å²) in [6, 6.07) is 12.2. The lowest BCUT2D eigenvalue weighted by Crippen LogP contribution is -2.19. The Hall–Kier alpha value is -1.03. The predicted octanol–water partition coefficient (Wildman–Crippen LogP) is 5.12. The van der Waals surface area contributed by atoms with Gasteiger partial charge in [0.05, 0.1) is 17.7 Å². The molecule has 112 valence electrons. The molecule has 0 saturated heterocycles. The molecule has 1 atom stereocenters. The molecule has 1 N–H and O–H groups in total. The Kier molecular flexibility index (Phi) is 5.68. The second-order valence-electron chi connectivity index (χ2n) is 4.84. The fourth-order valence-electron chi connectivity index (χ4n) is 2.40. The number of hydrogen-bond donors (Lipinski definition) is 1. The second-order valence-corrected chi connectivity index (χ2v) is 6.07. The zero-order chi connectivity index (χ0) is 15.4. The minimum absolute atomic E-state index is 0.0172. The molecule has 0 fully saturated rings. The summed E-state index contributed by atoms with van der Waals surface area (Å²) in [4.78, 5) is 0. The summed E-state index contributed by atoms with van der Waals surface area (Å²) in [5.74, 6) is 0.887. The molecule has 0 aliphatic rings. The first-order chi connectivity index (χ1) is 10.1. The molecule has 2 nitrogen and oxygen atoms in total. The first-order valence-corrected chi connectivity index (χ1v) is 8.10. The van der Waals surface area contributed by atoms with Gasteiger partial charge in [-0.1, -0.05) is 41.4 Å². The molecule has 4 heteroatoms. The maximum Gasteiger partial charge on any atom is 0.124 e. The van der Waals surface area contributed by atoms with Gasteiger partial charge in [-0.2, -0.15) is 0 Å². The number of rotatable bonds is 5. The molecule has 0 radical (unpaired) electrons. The summed E-state index contributed by atoms with van der Waals surface area (Å²) in [6.45, 7) is 4.71. The van der Waals surface area contributed by atoms with E-state index in [1.54, 1.807) is 0 Å². The number of hydrogen-bond acceptors (Lipinski definition) is 2. The van der Waals surface area contributed by atoms with Gasteiger partial charge in [-0.3, -0.25) is 0 Å². The summed E-state index contributed by atoms with van der Waals surface area (Å²) >= 11 is 9.95. The Morgan fingerprint density at radius 3 is 2.67 bits per heavy atom. The van der Waals surface area contributed by atoms with E-state index in [0.29, 0.717) is 6.61 Å². The first-order valence-electron chi connectivity index (χ1n) is 6.93. The van der Waals surface area contributed by atoms with E-state index >= 15 is 0 Å². The van der Waals surface area contributed by atoms with Gasteiger partial charge in [-0.15, -0.1) is 0 Å². The Labute approximate surface area is 139 Å². The van der Waals surface area contributed by atoms with Crippen LogP contribution in [0.1, 0.15) is 29.7 Å². The molecular weight excluding hydrogens is 350 g/mol. The lowest BCUT2D eigenvalue weighted by atomic mass is 9.96. The number of ether oxygens (including phenoxy) is 1. The molecule has 1 unspecified atom stereocenters. The van der Waals surface area contributed by atoms with Crippen molar-refractivity contribution < 1.29 is 4.74 Å². The zero-order valence-corrected chi connectivity index (χ0v) is 14.8. The third kappa shape index (κ3) is 3.60. The van der Waals surface area contributed by atoms with E-state index in [1.807, 2.05) is 38.2 Å². The Bertz CT molecular complexity index is 630. The summed E-state index contributed by atoms with van der Waals surface area (Å²) in [5, 5.41) is 4.07. The largest absolute Gasteiger partial charge is 0.494 e. The van der Waals surface area contributed by atoms with Gasteiger partial charge in [-0.25, -0.2) is 0 Å². The highest BCUT2D eigenvalue weighted by Crippen LogP contribution is 2.36. The SMILES string of the molecule is CCOc1ccc(C)cc1C(NC)c1cccc(Br)c1Cl. The Morgan fingerprint density at radius 1 is 1.24 bits per heavy atom. The van der Waals surface area contributed by atoms with Gasteiger partial charge in [-0.05, 0) is 54.5 Å². The van der Waals surface area contributed by atoms with E-state index in [4.69, 9.17) is 16.3 Å². The van der Waals surface area contributed by atoms with Crippen molar-refractivity contribution in [1.82, 2.24) is 5.32 Å². The molecule has 0 aliphatic heterocycles. The predicted molar refractivity (Wildman–Crippen MR) is 92.4 cm³/mol. The van der Waals surface area contributed by atoms with Crippen molar-refractivity contribution in [3.63, 3.8) is 0 Å². The fraction of sp³-hybridized carbons (Fsp3) is 0.294. The summed E-state index contributed by atoms with van der Waals surface area (Å²) in [5.41, 5.74) is 3.32. The van der Waals surface area contributed by atoms with Gasteiger partial charge in [0.1, 0.15) is 5.75 Å². The number of benzene rings is 2. The van der Waals surface area contributed by atoms with Crippen LogP contribution in [0.3, 0.4) is 0 Å². The van der Waals surface area contributed by atoms with Crippen LogP contribution < -0.4 is 10.1 Å². The monoisotopic (exact) mass is 367 g/mol. The van der Waals surface area contributed by atoms with Gasteiger partial charge < -0.3 is 10.1 Å². The number of aryl methyl sites for hydroxylation is 1. The van der Waals surface area contributed by atoms with Crippen LogP contribution in [-0.2, 0) is 0 Å². The number of halogens is 2. The van der Waals surface area contributed by atoms with Crippen LogP contribution in [0.4, 0.5) is 0 Å². The topological polar surface area (TPSA) is 21.3 Å². The molecule has 0 spiro atoms. The second kappa shape index (κ2) is 7.30. The molecule has 0 aromatic heterocycles. The van der Waals surface area contributed by atoms with Gasteiger partial charge >= 0.3 is 0 Å². The van der Waals surface area contributed by atoms with Crippen LogP contribution in [0.5, 0.6) is 5.75 Å². The van der Waals surface area contributed by atoms with Gasteiger partial charge in [0.25, 0.3) is 0 Å². The summed E-state index contributed by atoms with van der Waals surface area (Å²) < 4.78 is 6.67. The molecular formula is C17H19BrClNO. The molecule has 2 rings (SSSR count). The third-order valence-electron chi connectivity index (χ3n) is 3.36. The minimum Gasteiger partial charge on any atom is -0.494 e. The number of nitrogens with one attached hydrogen (secondary N) is 1. The van der Waals surface area contributed by atoms with E-state index in [0.717, 1.165) is 26.4 Å². The van der Waals surface area contributed by atoms with E-state index in [2.05, 4.69) is 40.3 Å². The highest BCUT2D eigenvalue weighted by Gasteiger charge is 2.20. The van der Waals surface area contributed by atoms with Crippen molar-refractivity contribution in [2.75, 3.05) is 13.7 Å². The van der Waals surface area contributed by atoms with Crippen LogP contribution >= 0.6 is 27.5 Å². The van der Waals surface area contributed by atoms with Crippen molar-refractivity contribution in [1.29, 1.82) is 0 Å². The van der Waals surface area contributed by atoms with Crippen LogP contribution in [0.15, 0.2) is 40.9 Å². The average Bonchev–Trinajstić information content (AvgIpc) is 2.47. The minimum atomic E-state index is -0.0172. The first kappa shape index (κ1) is 16.3. The van der Waals surface area contributed by atoms with E-state index in [1.165, 1.54) is 5.56 Å². The Balaban J connectivity index is 2.55. The van der Waals surface area contributed by atoms with E-state index in [9.17, 15) is 0 Å². The molecule has 2 aromatic carbocycles. The summed E-state index contributed by atoms with van der Waals surface area (Å²) in [6.07, 6.45) is 0. The van der Waals surface area contributed by atoms with Crippen LogP contribution in [0, 0.1) is 6.92 Å². The van der Waals surface area contributed by atoms with E-state index in [-0.39, 0.29) is 6.04 Å². The van der Waals surface area contributed by atoms with Crippen LogP contribution in [-0.4, -0.2) is 13.7 Å². The van der Waals surface area contributed by atoms with Gasteiger partial charge in [0, 0.05) is 10.0 Å². The molecule has 0 amide bonds. The van der Waals surface area contributed by atoms with Crippen LogP contribution in [0.2, 0.25) is 5.02 Å². The quantitative estimate of drug-likeness (QED) is 0.791. The molecule has 0 saturated carbocycles. The highest BCUT2D eigenvalue weighted by molar-refractivity contribution is 9.10.